The predicted molar refractivity (Wildman–Crippen MR) is 84.7 cm³/mol. The lowest BCUT2D eigenvalue weighted by Crippen LogP contribution is -2.20. The highest BCUT2D eigenvalue weighted by Crippen LogP contribution is 2.24. The first-order valence-electron chi connectivity index (χ1n) is 7.45. The number of nitrogens with one attached hydrogen (secondary N) is 1. The van der Waals surface area contributed by atoms with Gasteiger partial charge in [0.25, 0.3) is 0 Å². The minimum atomic E-state index is -4.43. The maximum Gasteiger partial charge on any atom is 0.422 e. The Morgan fingerprint density at radius 3 is 2.72 bits per heavy atom. The third-order valence-corrected chi connectivity index (χ3v) is 3.63. The Kier molecular flexibility index (Phi) is 4.43. The molecule has 130 valence electrons. The molecule has 0 fully saturated rings. The lowest BCUT2D eigenvalue weighted by Gasteiger charge is -2.13. The SMILES string of the molecule is Cc1c(OCC(F)(F)F)ccnc1CC(=O)c1nc2ccccc2[nH]1. The van der Waals surface area contributed by atoms with Crippen molar-refractivity contribution >= 4 is 16.8 Å². The molecule has 0 atom stereocenters. The van der Waals surface area contributed by atoms with Gasteiger partial charge >= 0.3 is 6.18 Å². The van der Waals surface area contributed by atoms with Crippen LogP contribution in [0.25, 0.3) is 11.0 Å². The number of imidazole rings is 1. The van der Waals surface area contributed by atoms with E-state index in [2.05, 4.69) is 15.0 Å². The molecule has 0 aliphatic rings. The number of carbonyl (C=O) groups is 1. The molecule has 0 radical (unpaired) electrons. The number of para-hydroxylation sites is 2. The van der Waals surface area contributed by atoms with Crippen LogP contribution in [-0.4, -0.2) is 33.5 Å². The third kappa shape index (κ3) is 3.96. The number of hydrogen-bond acceptors (Lipinski definition) is 4. The van der Waals surface area contributed by atoms with Crippen molar-refractivity contribution in [3.63, 3.8) is 0 Å². The second-order valence-corrected chi connectivity index (χ2v) is 5.49. The fourth-order valence-electron chi connectivity index (χ4n) is 2.37. The van der Waals surface area contributed by atoms with E-state index in [-0.39, 0.29) is 23.8 Å². The number of ether oxygens (including phenoxy) is 1. The molecule has 0 spiro atoms. The summed E-state index contributed by atoms with van der Waals surface area (Å²) in [6.45, 7) is 0.175. The van der Waals surface area contributed by atoms with Crippen LogP contribution in [0.1, 0.15) is 21.9 Å². The minimum absolute atomic E-state index is 0.0553. The molecular formula is C17H14F3N3O2. The van der Waals surface area contributed by atoms with E-state index in [1.807, 2.05) is 12.1 Å². The molecule has 0 saturated heterocycles. The maximum atomic E-state index is 12.4. The van der Waals surface area contributed by atoms with Gasteiger partial charge in [-0.1, -0.05) is 12.1 Å². The van der Waals surface area contributed by atoms with Crippen molar-refractivity contribution in [1.82, 2.24) is 15.0 Å². The molecule has 0 aliphatic carbocycles. The monoisotopic (exact) mass is 349 g/mol. The highest BCUT2D eigenvalue weighted by Gasteiger charge is 2.29. The molecule has 0 aliphatic heterocycles. The van der Waals surface area contributed by atoms with E-state index >= 15 is 0 Å². The summed E-state index contributed by atoms with van der Waals surface area (Å²) in [7, 11) is 0. The first-order valence-corrected chi connectivity index (χ1v) is 7.45. The number of aromatic amines is 1. The molecule has 1 aromatic carbocycles. The van der Waals surface area contributed by atoms with Crippen LogP contribution in [0.2, 0.25) is 0 Å². The van der Waals surface area contributed by atoms with Crippen LogP contribution in [0.15, 0.2) is 36.5 Å². The standard InChI is InChI=1S/C17H14F3N3O2/c1-10-13(21-7-6-15(10)25-9-17(18,19)20)8-14(24)16-22-11-4-2-3-5-12(11)23-16/h2-7H,8-9H2,1H3,(H,22,23). The molecule has 2 heterocycles. The Hall–Kier alpha value is -2.90. The smallest absolute Gasteiger partial charge is 0.422 e. The highest BCUT2D eigenvalue weighted by atomic mass is 19.4. The normalized spacial score (nSPS) is 11.7. The molecule has 0 bridgehead atoms. The fraction of sp³-hybridized carbons (Fsp3) is 0.235. The maximum absolute atomic E-state index is 12.4. The van der Waals surface area contributed by atoms with E-state index in [0.717, 1.165) is 5.52 Å². The van der Waals surface area contributed by atoms with Gasteiger partial charge in [0.2, 0.25) is 5.78 Å². The van der Waals surface area contributed by atoms with E-state index in [4.69, 9.17) is 4.74 Å². The number of halogens is 3. The number of fused-ring (bicyclic) bond motifs is 1. The number of aromatic nitrogens is 3. The summed E-state index contributed by atoms with van der Waals surface area (Å²) in [4.78, 5) is 23.6. The third-order valence-electron chi connectivity index (χ3n) is 3.63. The van der Waals surface area contributed by atoms with E-state index in [9.17, 15) is 18.0 Å². The molecule has 2 aromatic heterocycles. The van der Waals surface area contributed by atoms with Gasteiger partial charge in [0.15, 0.2) is 12.4 Å². The van der Waals surface area contributed by atoms with Crippen molar-refractivity contribution in [2.24, 2.45) is 0 Å². The van der Waals surface area contributed by atoms with Gasteiger partial charge in [-0.15, -0.1) is 0 Å². The van der Waals surface area contributed by atoms with Gasteiger partial charge < -0.3 is 9.72 Å². The van der Waals surface area contributed by atoms with E-state index < -0.39 is 12.8 Å². The molecule has 8 heteroatoms. The van der Waals surface area contributed by atoms with E-state index in [1.54, 1.807) is 19.1 Å². The largest absolute Gasteiger partial charge is 0.484 e. The summed E-state index contributed by atoms with van der Waals surface area (Å²) >= 11 is 0. The molecular weight excluding hydrogens is 335 g/mol. The van der Waals surface area contributed by atoms with Crippen LogP contribution >= 0.6 is 0 Å². The summed E-state index contributed by atoms with van der Waals surface area (Å²) in [5, 5.41) is 0. The molecule has 3 aromatic rings. The lowest BCUT2D eigenvalue weighted by molar-refractivity contribution is -0.153. The van der Waals surface area contributed by atoms with Crippen LogP contribution in [0.4, 0.5) is 13.2 Å². The van der Waals surface area contributed by atoms with Crippen molar-refractivity contribution in [2.45, 2.75) is 19.5 Å². The van der Waals surface area contributed by atoms with Crippen molar-refractivity contribution in [3.8, 4) is 5.75 Å². The van der Waals surface area contributed by atoms with Crippen LogP contribution < -0.4 is 4.74 Å². The van der Waals surface area contributed by atoms with Crippen molar-refractivity contribution in [1.29, 1.82) is 0 Å². The topological polar surface area (TPSA) is 67.9 Å². The highest BCUT2D eigenvalue weighted by molar-refractivity contribution is 5.97. The van der Waals surface area contributed by atoms with Crippen LogP contribution in [-0.2, 0) is 6.42 Å². The van der Waals surface area contributed by atoms with Gasteiger partial charge in [0.05, 0.1) is 23.1 Å². The van der Waals surface area contributed by atoms with Gasteiger partial charge in [-0.05, 0) is 25.1 Å². The average Bonchev–Trinajstić information content (AvgIpc) is 2.99. The Labute approximate surface area is 140 Å². The Morgan fingerprint density at radius 2 is 2.00 bits per heavy atom. The van der Waals surface area contributed by atoms with Crippen LogP contribution in [0, 0.1) is 6.92 Å². The van der Waals surface area contributed by atoms with E-state index in [0.29, 0.717) is 16.8 Å². The van der Waals surface area contributed by atoms with Gasteiger partial charge in [-0.25, -0.2) is 4.98 Å². The number of rotatable bonds is 5. The number of benzene rings is 1. The van der Waals surface area contributed by atoms with Crippen molar-refractivity contribution in [3.05, 3.63) is 53.6 Å². The van der Waals surface area contributed by atoms with Gasteiger partial charge in [0, 0.05) is 11.8 Å². The first kappa shape index (κ1) is 16.9. The second-order valence-electron chi connectivity index (χ2n) is 5.49. The van der Waals surface area contributed by atoms with Gasteiger partial charge in [-0.2, -0.15) is 13.2 Å². The molecule has 1 N–H and O–H groups in total. The molecule has 0 amide bonds. The number of hydrogen-bond donors (Lipinski definition) is 1. The zero-order valence-electron chi connectivity index (χ0n) is 13.2. The zero-order chi connectivity index (χ0) is 18.0. The summed E-state index contributed by atoms with van der Waals surface area (Å²) < 4.78 is 41.7. The van der Waals surface area contributed by atoms with Crippen LogP contribution in [0.3, 0.4) is 0 Å². The number of pyridine rings is 1. The predicted octanol–water partition coefficient (Wildman–Crippen LogP) is 3.63. The summed E-state index contributed by atoms with van der Waals surface area (Å²) in [6, 6.07) is 8.55. The molecule has 3 rings (SSSR count). The van der Waals surface area contributed by atoms with E-state index in [1.165, 1.54) is 12.3 Å². The minimum Gasteiger partial charge on any atom is -0.484 e. The lowest BCUT2D eigenvalue weighted by atomic mass is 10.1. The van der Waals surface area contributed by atoms with Crippen molar-refractivity contribution < 1.29 is 22.7 Å². The Bertz CT molecular complexity index is 886. The summed E-state index contributed by atoms with van der Waals surface area (Å²) in [5.74, 6) is -0.0662. The number of carbonyl (C=O) groups excluding carboxylic acids is 1. The van der Waals surface area contributed by atoms with Gasteiger partial charge in [0.1, 0.15) is 5.75 Å². The quantitative estimate of drug-likeness (QED) is 0.714. The second kappa shape index (κ2) is 6.54. The van der Waals surface area contributed by atoms with Crippen molar-refractivity contribution in [2.75, 3.05) is 6.61 Å². The number of H-pyrrole nitrogens is 1. The molecule has 5 nitrogen and oxygen atoms in total. The molecule has 0 unspecified atom stereocenters. The Balaban J connectivity index is 1.79. The fourth-order valence-corrected chi connectivity index (χ4v) is 2.37. The number of nitrogens with zero attached hydrogens (tertiary/aromatic N) is 2. The zero-order valence-corrected chi connectivity index (χ0v) is 13.2. The summed E-state index contributed by atoms with van der Waals surface area (Å²) in [6.07, 6.45) is -3.20. The molecule has 25 heavy (non-hydrogen) atoms. The Morgan fingerprint density at radius 1 is 1.24 bits per heavy atom. The average molecular weight is 349 g/mol. The number of Topliss-reactive ketones (excluding diaryl/α,β-unsaturated/α-hetero) is 1. The van der Waals surface area contributed by atoms with Crippen LogP contribution in [0.5, 0.6) is 5.75 Å². The first-order chi connectivity index (χ1) is 11.8. The molecule has 0 saturated carbocycles. The van der Waals surface area contributed by atoms with Gasteiger partial charge in [-0.3, -0.25) is 9.78 Å². The summed E-state index contributed by atoms with van der Waals surface area (Å²) in [5.41, 5.74) is 2.15. The number of alkyl halides is 3. The number of ketones is 1.